The van der Waals surface area contributed by atoms with Crippen LogP contribution in [0.2, 0.25) is 0 Å². The van der Waals surface area contributed by atoms with E-state index in [4.69, 9.17) is 0 Å². The van der Waals surface area contributed by atoms with Crippen LogP contribution in [0.25, 0.3) is 11.6 Å². The SMILES string of the molecule is COC(=O)CCNC(=O)c1ccc2c(c1)/C(=C/c1ccc[nH]1)C(=O)N2. The Morgan fingerprint density at radius 2 is 2.12 bits per heavy atom. The number of aromatic amines is 1. The first-order chi connectivity index (χ1) is 12.1. The molecule has 0 atom stereocenters. The minimum atomic E-state index is -0.389. The van der Waals surface area contributed by atoms with Crippen molar-refractivity contribution in [3.05, 3.63) is 53.3 Å². The van der Waals surface area contributed by atoms with E-state index in [9.17, 15) is 14.4 Å². The van der Waals surface area contributed by atoms with Gasteiger partial charge >= 0.3 is 5.97 Å². The molecule has 2 aromatic rings. The molecule has 0 spiro atoms. The summed E-state index contributed by atoms with van der Waals surface area (Å²) in [4.78, 5) is 38.5. The maximum atomic E-state index is 12.2. The van der Waals surface area contributed by atoms with Crippen molar-refractivity contribution < 1.29 is 19.1 Å². The van der Waals surface area contributed by atoms with Gasteiger partial charge in [-0.3, -0.25) is 14.4 Å². The number of ether oxygens (including phenoxy) is 1. The van der Waals surface area contributed by atoms with Crippen molar-refractivity contribution in [3.63, 3.8) is 0 Å². The van der Waals surface area contributed by atoms with Gasteiger partial charge in [0.15, 0.2) is 0 Å². The Morgan fingerprint density at radius 3 is 2.84 bits per heavy atom. The molecule has 0 saturated carbocycles. The minimum Gasteiger partial charge on any atom is -0.469 e. The molecule has 1 aromatic carbocycles. The molecule has 0 aliphatic carbocycles. The monoisotopic (exact) mass is 339 g/mol. The van der Waals surface area contributed by atoms with Gasteiger partial charge in [-0.25, -0.2) is 0 Å². The fourth-order valence-corrected chi connectivity index (χ4v) is 2.54. The molecule has 0 fully saturated rings. The molecule has 0 unspecified atom stereocenters. The third kappa shape index (κ3) is 3.60. The maximum absolute atomic E-state index is 12.2. The quantitative estimate of drug-likeness (QED) is 0.571. The zero-order chi connectivity index (χ0) is 17.8. The summed E-state index contributed by atoms with van der Waals surface area (Å²) in [5.41, 5.74) is 3.03. The first kappa shape index (κ1) is 16.5. The fraction of sp³-hybridized carbons (Fsp3) is 0.167. The summed E-state index contributed by atoms with van der Waals surface area (Å²) < 4.78 is 4.53. The largest absolute Gasteiger partial charge is 0.469 e. The van der Waals surface area contributed by atoms with E-state index in [1.807, 2.05) is 12.1 Å². The van der Waals surface area contributed by atoms with Crippen LogP contribution in [0.4, 0.5) is 5.69 Å². The number of amides is 2. The van der Waals surface area contributed by atoms with Gasteiger partial charge in [0.2, 0.25) is 0 Å². The lowest BCUT2D eigenvalue weighted by Crippen LogP contribution is -2.26. The smallest absolute Gasteiger partial charge is 0.307 e. The van der Waals surface area contributed by atoms with E-state index in [0.29, 0.717) is 22.4 Å². The summed E-state index contributed by atoms with van der Waals surface area (Å²) in [5, 5.41) is 5.43. The topological polar surface area (TPSA) is 100 Å². The van der Waals surface area contributed by atoms with Crippen LogP contribution in [0.1, 0.15) is 28.0 Å². The molecule has 7 heteroatoms. The molecule has 1 aromatic heterocycles. The molecule has 25 heavy (non-hydrogen) atoms. The van der Waals surface area contributed by atoms with Crippen LogP contribution in [0.15, 0.2) is 36.5 Å². The highest BCUT2D eigenvalue weighted by atomic mass is 16.5. The molecule has 2 heterocycles. The summed E-state index contributed by atoms with van der Waals surface area (Å²) in [6.07, 6.45) is 3.61. The van der Waals surface area contributed by atoms with Gasteiger partial charge in [0.25, 0.3) is 11.8 Å². The van der Waals surface area contributed by atoms with Crippen molar-refractivity contribution in [3.8, 4) is 0 Å². The van der Waals surface area contributed by atoms with Crippen LogP contribution >= 0.6 is 0 Å². The highest BCUT2D eigenvalue weighted by Gasteiger charge is 2.25. The lowest BCUT2D eigenvalue weighted by Gasteiger charge is -2.06. The first-order valence-corrected chi connectivity index (χ1v) is 7.74. The van der Waals surface area contributed by atoms with Crippen LogP contribution in [0, 0.1) is 0 Å². The number of anilines is 1. The van der Waals surface area contributed by atoms with Crippen molar-refractivity contribution in [2.45, 2.75) is 6.42 Å². The number of carbonyl (C=O) groups excluding carboxylic acids is 3. The third-order valence-electron chi connectivity index (χ3n) is 3.83. The van der Waals surface area contributed by atoms with Crippen LogP contribution in [0.3, 0.4) is 0 Å². The Balaban J connectivity index is 1.79. The van der Waals surface area contributed by atoms with Crippen molar-refractivity contribution in [2.24, 2.45) is 0 Å². The number of carbonyl (C=O) groups is 3. The van der Waals surface area contributed by atoms with Crippen molar-refractivity contribution in [1.82, 2.24) is 10.3 Å². The standard InChI is InChI=1S/C18H17N3O4/c1-25-16(22)6-8-20-17(23)11-4-5-15-13(9-11)14(18(24)21-15)10-12-3-2-7-19-12/h2-5,7,9-10,19H,6,8H2,1H3,(H,20,23)(H,21,24)/b14-10-. The van der Waals surface area contributed by atoms with Crippen LogP contribution in [-0.4, -0.2) is 36.4 Å². The number of esters is 1. The average Bonchev–Trinajstić information content (AvgIpc) is 3.23. The van der Waals surface area contributed by atoms with Gasteiger partial charge in [-0.2, -0.15) is 0 Å². The summed E-state index contributed by atoms with van der Waals surface area (Å²) in [7, 11) is 1.30. The summed E-state index contributed by atoms with van der Waals surface area (Å²) in [5.74, 6) is -0.918. The number of hydrogen-bond donors (Lipinski definition) is 3. The van der Waals surface area contributed by atoms with E-state index in [1.54, 1.807) is 30.5 Å². The molecule has 1 aliphatic rings. The zero-order valence-corrected chi connectivity index (χ0v) is 13.6. The van der Waals surface area contributed by atoms with E-state index >= 15 is 0 Å². The lowest BCUT2D eigenvalue weighted by atomic mass is 10.0. The molecule has 7 nitrogen and oxygen atoms in total. The Bertz CT molecular complexity index is 853. The first-order valence-electron chi connectivity index (χ1n) is 7.74. The average molecular weight is 339 g/mol. The number of nitrogens with one attached hydrogen (secondary N) is 3. The van der Waals surface area contributed by atoms with Gasteiger partial charge < -0.3 is 20.4 Å². The normalized spacial score (nSPS) is 14.1. The Kier molecular flexibility index (Phi) is 4.65. The second-order valence-corrected chi connectivity index (χ2v) is 5.48. The number of aromatic nitrogens is 1. The predicted molar refractivity (Wildman–Crippen MR) is 92.7 cm³/mol. The molecule has 1 aliphatic heterocycles. The molecule has 3 N–H and O–H groups in total. The van der Waals surface area contributed by atoms with Crippen molar-refractivity contribution in [2.75, 3.05) is 19.0 Å². The summed E-state index contributed by atoms with van der Waals surface area (Å²) in [6, 6.07) is 8.67. The van der Waals surface area contributed by atoms with E-state index in [1.165, 1.54) is 7.11 Å². The van der Waals surface area contributed by atoms with Crippen molar-refractivity contribution >= 4 is 35.1 Å². The molecular weight excluding hydrogens is 322 g/mol. The Hall–Kier alpha value is -3.35. The van der Waals surface area contributed by atoms with Gasteiger partial charge in [0.1, 0.15) is 0 Å². The maximum Gasteiger partial charge on any atom is 0.307 e. The number of fused-ring (bicyclic) bond motifs is 1. The Morgan fingerprint density at radius 1 is 1.28 bits per heavy atom. The highest BCUT2D eigenvalue weighted by Crippen LogP contribution is 2.33. The fourth-order valence-electron chi connectivity index (χ4n) is 2.54. The van der Waals surface area contributed by atoms with E-state index < -0.39 is 0 Å². The van der Waals surface area contributed by atoms with E-state index in [-0.39, 0.29) is 30.7 Å². The zero-order valence-electron chi connectivity index (χ0n) is 13.6. The van der Waals surface area contributed by atoms with Crippen LogP contribution < -0.4 is 10.6 Å². The number of benzene rings is 1. The second-order valence-electron chi connectivity index (χ2n) is 5.48. The predicted octanol–water partition coefficient (Wildman–Crippen LogP) is 1.80. The molecule has 0 bridgehead atoms. The van der Waals surface area contributed by atoms with Crippen LogP contribution in [-0.2, 0) is 14.3 Å². The number of rotatable bonds is 5. The molecule has 3 rings (SSSR count). The van der Waals surface area contributed by atoms with Crippen molar-refractivity contribution in [1.29, 1.82) is 0 Å². The van der Waals surface area contributed by atoms with Gasteiger partial charge in [-0.15, -0.1) is 0 Å². The van der Waals surface area contributed by atoms with Gasteiger partial charge in [0, 0.05) is 35.2 Å². The Labute approximate surface area is 144 Å². The van der Waals surface area contributed by atoms with Gasteiger partial charge in [0.05, 0.1) is 19.1 Å². The van der Waals surface area contributed by atoms with E-state index in [0.717, 1.165) is 5.69 Å². The molecule has 0 saturated heterocycles. The number of hydrogen-bond acceptors (Lipinski definition) is 4. The summed E-state index contributed by atoms with van der Waals surface area (Å²) in [6.45, 7) is 0.185. The lowest BCUT2D eigenvalue weighted by molar-refractivity contribution is -0.140. The molecule has 0 radical (unpaired) electrons. The van der Waals surface area contributed by atoms with Gasteiger partial charge in [-0.1, -0.05) is 0 Å². The molecule has 2 amide bonds. The number of methoxy groups -OCH3 is 1. The highest BCUT2D eigenvalue weighted by molar-refractivity contribution is 6.35. The third-order valence-corrected chi connectivity index (χ3v) is 3.83. The molecular formula is C18H17N3O4. The summed E-state index contributed by atoms with van der Waals surface area (Å²) >= 11 is 0. The van der Waals surface area contributed by atoms with E-state index in [2.05, 4.69) is 20.4 Å². The number of H-pyrrole nitrogens is 1. The van der Waals surface area contributed by atoms with Crippen LogP contribution in [0.5, 0.6) is 0 Å². The minimum absolute atomic E-state index is 0.102. The second kappa shape index (κ2) is 7.04. The molecule has 128 valence electrons. The van der Waals surface area contributed by atoms with Gasteiger partial charge in [-0.05, 0) is 36.4 Å².